The summed E-state index contributed by atoms with van der Waals surface area (Å²) in [5.41, 5.74) is 6.28. The van der Waals surface area contributed by atoms with E-state index in [0.29, 0.717) is 11.3 Å². The lowest BCUT2D eigenvalue weighted by molar-refractivity contribution is 0.0636. The molecule has 3 N–H and O–H groups in total. The number of carbonyl (C=O) groups excluding carboxylic acids is 1. The predicted molar refractivity (Wildman–Crippen MR) is 80.8 cm³/mol. The van der Waals surface area contributed by atoms with Crippen molar-refractivity contribution in [3.8, 4) is 0 Å². The standard InChI is InChI=1S/C16H23FN2O2/c1-15(2,3)21-14(20)19-9-6-7-10(11(17)8-9)12-13(18)16(12,4)5/h6-8,12-13H,18H2,1-5H3,(H,19,20)/t12-,13-/m1/s1. The fourth-order valence-electron chi connectivity index (χ4n) is 2.55. The van der Waals surface area contributed by atoms with Gasteiger partial charge in [0, 0.05) is 17.6 Å². The minimum Gasteiger partial charge on any atom is -0.444 e. The molecule has 1 amide bonds. The summed E-state index contributed by atoms with van der Waals surface area (Å²) in [6.07, 6.45) is -0.599. The van der Waals surface area contributed by atoms with Crippen LogP contribution in [0.25, 0.3) is 0 Å². The van der Waals surface area contributed by atoms with E-state index < -0.39 is 11.7 Å². The number of benzene rings is 1. The topological polar surface area (TPSA) is 64.3 Å². The summed E-state index contributed by atoms with van der Waals surface area (Å²) >= 11 is 0. The molecular weight excluding hydrogens is 271 g/mol. The monoisotopic (exact) mass is 294 g/mol. The first-order valence-corrected chi connectivity index (χ1v) is 7.07. The minimum absolute atomic E-state index is 0.0214. The van der Waals surface area contributed by atoms with Crippen molar-refractivity contribution < 1.29 is 13.9 Å². The first-order valence-electron chi connectivity index (χ1n) is 7.07. The van der Waals surface area contributed by atoms with Crippen molar-refractivity contribution in [3.63, 3.8) is 0 Å². The molecule has 4 nitrogen and oxygen atoms in total. The van der Waals surface area contributed by atoms with Crippen LogP contribution >= 0.6 is 0 Å². The largest absolute Gasteiger partial charge is 0.444 e. The summed E-state index contributed by atoms with van der Waals surface area (Å²) in [7, 11) is 0. The van der Waals surface area contributed by atoms with Crippen LogP contribution in [-0.4, -0.2) is 17.7 Å². The number of anilines is 1. The Morgan fingerprint density at radius 2 is 1.95 bits per heavy atom. The van der Waals surface area contributed by atoms with Gasteiger partial charge in [0.25, 0.3) is 0 Å². The zero-order valence-electron chi connectivity index (χ0n) is 13.2. The smallest absolute Gasteiger partial charge is 0.412 e. The molecular formula is C16H23FN2O2. The molecule has 1 fully saturated rings. The van der Waals surface area contributed by atoms with Gasteiger partial charge in [-0.05, 0) is 43.9 Å². The Hall–Kier alpha value is -1.62. The molecule has 1 saturated carbocycles. The average Bonchev–Trinajstić information content (AvgIpc) is 2.76. The third-order valence-electron chi connectivity index (χ3n) is 3.89. The number of ether oxygens (including phenoxy) is 1. The maximum absolute atomic E-state index is 14.2. The molecule has 1 aromatic rings. The van der Waals surface area contributed by atoms with Gasteiger partial charge in [0.1, 0.15) is 11.4 Å². The number of rotatable bonds is 2. The Morgan fingerprint density at radius 1 is 1.38 bits per heavy atom. The van der Waals surface area contributed by atoms with Crippen molar-refractivity contribution in [2.24, 2.45) is 11.1 Å². The fourth-order valence-corrected chi connectivity index (χ4v) is 2.55. The lowest BCUT2D eigenvalue weighted by Gasteiger charge is -2.19. The summed E-state index contributed by atoms with van der Waals surface area (Å²) in [6.45, 7) is 9.36. The molecule has 0 unspecified atom stereocenters. The second-order valence-electron chi connectivity index (χ2n) is 7.19. The van der Waals surface area contributed by atoms with E-state index in [9.17, 15) is 9.18 Å². The first kappa shape index (κ1) is 15.8. The summed E-state index contributed by atoms with van der Waals surface area (Å²) in [5.74, 6) is -0.331. The highest BCUT2D eigenvalue weighted by Gasteiger charge is 2.56. The van der Waals surface area contributed by atoms with Crippen molar-refractivity contribution in [3.05, 3.63) is 29.6 Å². The molecule has 0 aromatic heterocycles. The van der Waals surface area contributed by atoms with Gasteiger partial charge in [0.2, 0.25) is 0 Å². The van der Waals surface area contributed by atoms with Crippen molar-refractivity contribution in [1.82, 2.24) is 0 Å². The molecule has 0 spiro atoms. The van der Waals surface area contributed by atoms with Crippen LogP contribution in [0.2, 0.25) is 0 Å². The number of amides is 1. The third kappa shape index (κ3) is 3.35. The normalized spacial score (nSPS) is 23.6. The zero-order chi connectivity index (χ0) is 16.0. The molecule has 1 aromatic carbocycles. The lowest BCUT2D eigenvalue weighted by Crippen LogP contribution is -2.27. The zero-order valence-corrected chi connectivity index (χ0v) is 13.2. The van der Waals surface area contributed by atoms with Crippen LogP contribution in [0.5, 0.6) is 0 Å². The summed E-state index contributed by atoms with van der Waals surface area (Å²) in [6, 6.07) is 4.63. The molecule has 0 aliphatic heterocycles. The van der Waals surface area contributed by atoms with Crippen LogP contribution in [0.3, 0.4) is 0 Å². The second-order valence-corrected chi connectivity index (χ2v) is 7.19. The summed E-state index contributed by atoms with van der Waals surface area (Å²) in [5, 5.41) is 2.53. The van der Waals surface area contributed by atoms with E-state index in [1.807, 2.05) is 13.8 Å². The van der Waals surface area contributed by atoms with E-state index in [4.69, 9.17) is 10.5 Å². The highest BCUT2D eigenvalue weighted by atomic mass is 19.1. The Kier molecular flexibility index (Phi) is 3.74. The van der Waals surface area contributed by atoms with Gasteiger partial charge < -0.3 is 10.5 Å². The van der Waals surface area contributed by atoms with E-state index in [1.165, 1.54) is 6.07 Å². The minimum atomic E-state index is -0.599. The molecule has 116 valence electrons. The highest BCUT2D eigenvalue weighted by molar-refractivity contribution is 5.84. The molecule has 2 atom stereocenters. The van der Waals surface area contributed by atoms with E-state index in [1.54, 1.807) is 32.9 Å². The Balaban J connectivity index is 2.08. The maximum Gasteiger partial charge on any atom is 0.412 e. The quantitative estimate of drug-likeness (QED) is 0.875. The van der Waals surface area contributed by atoms with Gasteiger partial charge in [0.05, 0.1) is 0 Å². The molecule has 2 rings (SSSR count). The maximum atomic E-state index is 14.2. The lowest BCUT2D eigenvalue weighted by atomic mass is 10.0. The molecule has 1 aliphatic rings. The van der Waals surface area contributed by atoms with Crippen LogP contribution in [0, 0.1) is 11.2 Å². The summed E-state index contributed by atoms with van der Waals surface area (Å²) in [4.78, 5) is 11.6. The molecule has 0 radical (unpaired) electrons. The molecule has 21 heavy (non-hydrogen) atoms. The second kappa shape index (κ2) is 4.98. The number of nitrogens with one attached hydrogen (secondary N) is 1. The van der Waals surface area contributed by atoms with Gasteiger partial charge in [-0.15, -0.1) is 0 Å². The number of hydrogen-bond donors (Lipinski definition) is 2. The van der Waals surface area contributed by atoms with E-state index in [2.05, 4.69) is 5.32 Å². The van der Waals surface area contributed by atoms with Crippen molar-refractivity contribution in [2.75, 3.05) is 5.32 Å². The highest BCUT2D eigenvalue weighted by Crippen LogP contribution is 2.57. The van der Waals surface area contributed by atoms with Crippen LogP contribution in [0.1, 0.15) is 46.1 Å². The van der Waals surface area contributed by atoms with Crippen LogP contribution in [0.15, 0.2) is 18.2 Å². The van der Waals surface area contributed by atoms with Crippen molar-refractivity contribution in [1.29, 1.82) is 0 Å². The van der Waals surface area contributed by atoms with Crippen molar-refractivity contribution in [2.45, 2.75) is 52.2 Å². The number of nitrogens with two attached hydrogens (primary N) is 1. The summed E-state index contributed by atoms with van der Waals surface area (Å²) < 4.78 is 19.3. The first-order chi connectivity index (χ1) is 9.52. The van der Waals surface area contributed by atoms with Crippen LogP contribution < -0.4 is 11.1 Å². The van der Waals surface area contributed by atoms with Crippen LogP contribution in [0.4, 0.5) is 14.9 Å². The van der Waals surface area contributed by atoms with Gasteiger partial charge >= 0.3 is 6.09 Å². The van der Waals surface area contributed by atoms with E-state index in [0.717, 1.165) is 0 Å². The fraction of sp³-hybridized carbons (Fsp3) is 0.562. The average molecular weight is 294 g/mol. The predicted octanol–water partition coefficient (Wildman–Crippen LogP) is 3.62. The molecule has 0 saturated heterocycles. The number of hydrogen-bond acceptors (Lipinski definition) is 3. The number of carbonyl (C=O) groups is 1. The number of halogens is 1. The Bertz CT molecular complexity index is 564. The molecule has 1 aliphatic carbocycles. The Morgan fingerprint density at radius 3 is 2.38 bits per heavy atom. The molecule has 0 heterocycles. The van der Waals surface area contributed by atoms with Gasteiger partial charge in [0.15, 0.2) is 0 Å². The van der Waals surface area contributed by atoms with Gasteiger partial charge in [-0.25, -0.2) is 9.18 Å². The Labute approximate surface area is 124 Å². The van der Waals surface area contributed by atoms with Crippen molar-refractivity contribution >= 4 is 11.8 Å². The van der Waals surface area contributed by atoms with E-state index >= 15 is 0 Å². The third-order valence-corrected chi connectivity index (χ3v) is 3.89. The van der Waals surface area contributed by atoms with Gasteiger partial charge in [-0.1, -0.05) is 19.9 Å². The molecule has 0 bridgehead atoms. The van der Waals surface area contributed by atoms with E-state index in [-0.39, 0.29) is 23.2 Å². The molecule has 5 heteroatoms. The van der Waals surface area contributed by atoms with Crippen LogP contribution in [-0.2, 0) is 4.74 Å². The van der Waals surface area contributed by atoms with Gasteiger partial charge in [-0.3, -0.25) is 5.32 Å². The van der Waals surface area contributed by atoms with Gasteiger partial charge in [-0.2, -0.15) is 0 Å². The SMILES string of the molecule is CC(C)(C)OC(=O)Nc1ccc([C@@H]2[C@@H](N)C2(C)C)c(F)c1.